The molecule has 2 aromatic rings. The van der Waals surface area contributed by atoms with Gasteiger partial charge in [0.15, 0.2) is 12.7 Å². The van der Waals surface area contributed by atoms with Crippen molar-refractivity contribution in [2.75, 3.05) is 18.1 Å². The lowest BCUT2D eigenvalue weighted by Gasteiger charge is -2.29. The van der Waals surface area contributed by atoms with Crippen LogP contribution in [0.1, 0.15) is 23.7 Å². The molecular weight excluding hydrogens is 306 g/mol. The van der Waals surface area contributed by atoms with E-state index in [9.17, 15) is 14.7 Å². The van der Waals surface area contributed by atoms with Gasteiger partial charge in [-0.2, -0.15) is 0 Å². The van der Waals surface area contributed by atoms with Gasteiger partial charge in [-0.1, -0.05) is 48.5 Å². The molecule has 1 N–H and O–H groups in total. The lowest BCUT2D eigenvalue weighted by Crippen LogP contribution is -2.38. The third-order valence-electron chi connectivity index (χ3n) is 4.09. The number of hydrogen-bond donors (Lipinski definition) is 1. The average molecular weight is 325 g/mol. The van der Waals surface area contributed by atoms with E-state index in [-0.39, 0.29) is 12.5 Å². The second-order valence-corrected chi connectivity index (χ2v) is 5.70. The van der Waals surface area contributed by atoms with Crippen LogP contribution in [0.15, 0.2) is 54.6 Å². The molecule has 0 bridgehead atoms. The van der Waals surface area contributed by atoms with Crippen LogP contribution in [-0.2, 0) is 20.7 Å². The monoisotopic (exact) mass is 325 g/mol. The Bertz CT molecular complexity index is 729. The minimum Gasteiger partial charge on any atom is -0.453 e. The maximum Gasteiger partial charge on any atom is 0.340 e. The van der Waals surface area contributed by atoms with Gasteiger partial charge in [0, 0.05) is 12.2 Å². The van der Waals surface area contributed by atoms with Crippen LogP contribution in [-0.4, -0.2) is 30.1 Å². The zero-order valence-corrected chi connectivity index (χ0v) is 13.2. The maximum atomic E-state index is 12.4. The minimum atomic E-state index is -1.38. The maximum absolute atomic E-state index is 12.4. The molecule has 1 aliphatic heterocycles. The summed E-state index contributed by atoms with van der Waals surface area (Å²) in [7, 11) is 0. The summed E-state index contributed by atoms with van der Waals surface area (Å²) in [5.74, 6) is -1.10. The number of aryl methyl sites for hydroxylation is 1. The fourth-order valence-corrected chi connectivity index (χ4v) is 2.85. The van der Waals surface area contributed by atoms with Crippen LogP contribution < -0.4 is 4.90 Å². The van der Waals surface area contributed by atoms with Crippen molar-refractivity contribution >= 4 is 17.6 Å². The highest BCUT2D eigenvalue weighted by Gasteiger charge is 2.25. The van der Waals surface area contributed by atoms with Crippen molar-refractivity contribution in [1.29, 1.82) is 0 Å². The average Bonchev–Trinajstić information content (AvgIpc) is 2.65. The number of anilines is 1. The molecule has 1 heterocycles. The summed E-state index contributed by atoms with van der Waals surface area (Å²) in [6.45, 7) is 0.228. The summed E-state index contributed by atoms with van der Waals surface area (Å²) in [5, 5.41) is 9.97. The Labute approximate surface area is 140 Å². The highest BCUT2D eigenvalue weighted by molar-refractivity contribution is 5.96. The Balaban J connectivity index is 1.61. The summed E-state index contributed by atoms with van der Waals surface area (Å²) < 4.78 is 5.01. The summed E-state index contributed by atoms with van der Waals surface area (Å²) in [6, 6.07) is 16.2. The number of ether oxygens (including phenoxy) is 1. The van der Waals surface area contributed by atoms with Crippen molar-refractivity contribution < 1.29 is 19.4 Å². The molecule has 1 aliphatic rings. The fraction of sp³-hybridized carbons (Fsp3) is 0.263. The Kier molecular flexibility index (Phi) is 4.91. The molecule has 5 heteroatoms. The number of rotatable bonds is 4. The second-order valence-electron chi connectivity index (χ2n) is 5.70. The fourth-order valence-electron chi connectivity index (χ4n) is 2.85. The summed E-state index contributed by atoms with van der Waals surface area (Å²) in [6.07, 6.45) is 0.433. The molecule has 0 aromatic heterocycles. The second kappa shape index (κ2) is 7.27. The predicted octanol–water partition coefficient (Wildman–Crippen LogP) is 2.24. The van der Waals surface area contributed by atoms with Gasteiger partial charge in [-0.15, -0.1) is 0 Å². The smallest absolute Gasteiger partial charge is 0.340 e. The molecule has 1 atom stereocenters. The molecule has 0 radical (unpaired) electrons. The van der Waals surface area contributed by atoms with E-state index in [0.717, 1.165) is 24.1 Å². The van der Waals surface area contributed by atoms with E-state index in [2.05, 4.69) is 0 Å². The normalized spacial score (nSPS) is 14.6. The van der Waals surface area contributed by atoms with Crippen LogP contribution in [0.3, 0.4) is 0 Å². The molecule has 0 saturated carbocycles. The van der Waals surface area contributed by atoms with E-state index in [1.807, 2.05) is 24.3 Å². The van der Waals surface area contributed by atoms with Gasteiger partial charge in [0.1, 0.15) is 0 Å². The summed E-state index contributed by atoms with van der Waals surface area (Å²) in [4.78, 5) is 26.0. The highest BCUT2D eigenvalue weighted by atomic mass is 16.5. The molecular formula is C19H19NO4. The van der Waals surface area contributed by atoms with Crippen LogP contribution in [0.4, 0.5) is 5.69 Å². The zero-order chi connectivity index (χ0) is 16.9. The van der Waals surface area contributed by atoms with E-state index in [1.54, 1.807) is 35.2 Å². The molecule has 24 heavy (non-hydrogen) atoms. The number of nitrogens with zero attached hydrogens (tertiary/aromatic N) is 1. The molecule has 0 aliphatic carbocycles. The van der Waals surface area contributed by atoms with Gasteiger partial charge in [-0.25, -0.2) is 4.79 Å². The number of fused-ring (bicyclic) bond motifs is 1. The summed E-state index contributed by atoms with van der Waals surface area (Å²) >= 11 is 0. The first kappa shape index (κ1) is 16.2. The van der Waals surface area contributed by atoms with E-state index < -0.39 is 12.1 Å². The van der Waals surface area contributed by atoms with Gasteiger partial charge in [-0.05, 0) is 30.0 Å². The minimum absolute atomic E-state index is 0.282. The SMILES string of the molecule is O=C(OCC(=O)N1CCCc2ccccc21)[C@@H](O)c1ccccc1. The number of aliphatic hydroxyl groups is 1. The van der Waals surface area contributed by atoms with Crippen molar-refractivity contribution in [3.63, 3.8) is 0 Å². The molecule has 0 spiro atoms. The van der Waals surface area contributed by atoms with Gasteiger partial charge in [-0.3, -0.25) is 4.79 Å². The van der Waals surface area contributed by atoms with E-state index in [0.29, 0.717) is 12.1 Å². The van der Waals surface area contributed by atoms with Crippen molar-refractivity contribution in [2.24, 2.45) is 0 Å². The van der Waals surface area contributed by atoms with E-state index in [4.69, 9.17) is 4.74 Å². The van der Waals surface area contributed by atoms with E-state index >= 15 is 0 Å². The standard InChI is InChI=1S/C19H19NO4/c21-17(20-12-6-10-14-7-4-5-11-16(14)20)13-24-19(23)18(22)15-8-2-1-3-9-15/h1-5,7-9,11,18,22H,6,10,12-13H2/t18-/m0/s1. The Morgan fingerprint density at radius 2 is 1.79 bits per heavy atom. The molecule has 3 rings (SSSR count). The van der Waals surface area contributed by atoms with Gasteiger partial charge in [0.05, 0.1) is 0 Å². The van der Waals surface area contributed by atoms with Crippen LogP contribution in [0.5, 0.6) is 0 Å². The van der Waals surface area contributed by atoms with Gasteiger partial charge >= 0.3 is 5.97 Å². The number of benzene rings is 2. The van der Waals surface area contributed by atoms with Gasteiger partial charge < -0.3 is 14.7 Å². The Hall–Kier alpha value is -2.66. The first-order chi connectivity index (χ1) is 11.7. The largest absolute Gasteiger partial charge is 0.453 e. The topological polar surface area (TPSA) is 66.8 Å². The number of hydrogen-bond acceptors (Lipinski definition) is 4. The number of aliphatic hydroxyl groups excluding tert-OH is 1. The molecule has 0 saturated heterocycles. The quantitative estimate of drug-likeness (QED) is 0.876. The number of esters is 1. The van der Waals surface area contributed by atoms with Gasteiger partial charge in [0.25, 0.3) is 5.91 Å². The molecule has 124 valence electrons. The Morgan fingerprint density at radius 3 is 2.58 bits per heavy atom. The van der Waals surface area contributed by atoms with Crippen LogP contribution >= 0.6 is 0 Å². The number of amides is 1. The number of carbonyl (C=O) groups is 2. The van der Waals surface area contributed by atoms with Crippen molar-refractivity contribution in [2.45, 2.75) is 18.9 Å². The van der Waals surface area contributed by atoms with Crippen molar-refractivity contribution in [3.8, 4) is 0 Å². The van der Waals surface area contributed by atoms with E-state index in [1.165, 1.54) is 0 Å². The molecule has 5 nitrogen and oxygen atoms in total. The highest BCUT2D eigenvalue weighted by Crippen LogP contribution is 2.26. The molecule has 2 aromatic carbocycles. The molecule has 0 fully saturated rings. The first-order valence-electron chi connectivity index (χ1n) is 7.95. The lowest BCUT2D eigenvalue weighted by molar-refractivity contribution is -0.156. The van der Waals surface area contributed by atoms with Crippen LogP contribution in [0.25, 0.3) is 0 Å². The molecule has 1 amide bonds. The third-order valence-corrected chi connectivity index (χ3v) is 4.09. The first-order valence-corrected chi connectivity index (χ1v) is 7.95. The van der Waals surface area contributed by atoms with Crippen LogP contribution in [0.2, 0.25) is 0 Å². The molecule has 0 unspecified atom stereocenters. The zero-order valence-electron chi connectivity index (χ0n) is 13.2. The van der Waals surface area contributed by atoms with Crippen LogP contribution in [0, 0.1) is 0 Å². The van der Waals surface area contributed by atoms with Crippen molar-refractivity contribution in [3.05, 3.63) is 65.7 Å². The summed E-state index contributed by atoms with van der Waals surface area (Å²) in [5.41, 5.74) is 2.43. The van der Waals surface area contributed by atoms with Crippen molar-refractivity contribution in [1.82, 2.24) is 0 Å². The predicted molar refractivity (Wildman–Crippen MR) is 89.5 cm³/mol. The van der Waals surface area contributed by atoms with Gasteiger partial charge in [0.2, 0.25) is 0 Å². The third kappa shape index (κ3) is 3.46. The number of para-hydroxylation sites is 1. The Morgan fingerprint density at radius 1 is 1.08 bits per heavy atom. The lowest BCUT2D eigenvalue weighted by atomic mass is 10.0. The number of carbonyl (C=O) groups excluding carboxylic acids is 2.